The lowest BCUT2D eigenvalue weighted by molar-refractivity contribution is -0.132. The summed E-state index contributed by atoms with van der Waals surface area (Å²) in [7, 11) is 0. The van der Waals surface area contributed by atoms with Crippen molar-refractivity contribution in [2.24, 2.45) is 0 Å². The maximum absolute atomic E-state index is 12.9. The number of aromatic amines is 1. The highest BCUT2D eigenvalue weighted by atomic mass is 16.2. The van der Waals surface area contributed by atoms with Gasteiger partial charge in [-0.1, -0.05) is 0 Å². The van der Waals surface area contributed by atoms with Gasteiger partial charge < -0.3 is 9.88 Å². The minimum atomic E-state index is 0.182. The number of pyridine rings is 1. The van der Waals surface area contributed by atoms with Crippen LogP contribution in [-0.4, -0.2) is 48.5 Å². The summed E-state index contributed by atoms with van der Waals surface area (Å²) in [5.74, 6) is 0.628. The number of nitriles is 1. The molecule has 5 rings (SSSR count). The van der Waals surface area contributed by atoms with Crippen LogP contribution in [0.5, 0.6) is 0 Å². The number of H-pyrrole nitrogens is 1. The molecule has 4 aromatic rings. The number of aryl methyl sites for hydroxylation is 2. The Morgan fingerprint density at radius 3 is 2.91 bits per heavy atom. The molecule has 4 aromatic heterocycles. The van der Waals surface area contributed by atoms with Crippen molar-refractivity contribution < 1.29 is 4.79 Å². The second-order valence-corrected chi connectivity index (χ2v) is 8.47. The molecule has 8 heteroatoms. The van der Waals surface area contributed by atoms with Gasteiger partial charge in [-0.15, -0.1) is 0 Å². The molecule has 0 unspecified atom stereocenters. The van der Waals surface area contributed by atoms with Gasteiger partial charge in [0.1, 0.15) is 17.3 Å². The average molecular weight is 428 g/mol. The molecule has 1 fully saturated rings. The third-order valence-electron chi connectivity index (χ3n) is 6.69. The van der Waals surface area contributed by atoms with Crippen molar-refractivity contribution >= 4 is 22.6 Å². The first-order valence-electron chi connectivity index (χ1n) is 11.0. The fraction of sp³-hybridized carbons (Fsp3) is 0.375. The van der Waals surface area contributed by atoms with Crippen LogP contribution >= 0.6 is 0 Å². The van der Waals surface area contributed by atoms with Gasteiger partial charge in [-0.05, 0) is 62.3 Å². The zero-order chi connectivity index (χ0) is 22.2. The molecule has 0 aromatic carbocycles. The van der Waals surface area contributed by atoms with Crippen LogP contribution in [0.25, 0.3) is 16.7 Å². The lowest BCUT2D eigenvalue weighted by atomic mass is 9.89. The van der Waals surface area contributed by atoms with Crippen molar-refractivity contribution in [1.82, 2.24) is 29.5 Å². The SMILES string of the molecule is Cc1nc2c(C#N)cnn2c(C)c1CCC(=O)N1CCC(c2c[nH]c3ncccc23)CC1. The molecule has 1 N–H and O–H groups in total. The third kappa shape index (κ3) is 3.40. The number of nitrogens with zero attached hydrogens (tertiary/aromatic N) is 6. The van der Waals surface area contributed by atoms with E-state index in [1.54, 1.807) is 10.7 Å². The quantitative estimate of drug-likeness (QED) is 0.537. The molecule has 0 bridgehead atoms. The fourth-order valence-corrected chi connectivity index (χ4v) is 4.90. The highest BCUT2D eigenvalue weighted by Gasteiger charge is 2.26. The number of aromatic nitrogens is 5. The van der Waals surface area contributed by atoms with Crippen LogP contribution in [0.1, 0.15) is 53.3 Å². The Kier molecular flexibility index (Phi) is 5.10. The summed E-state index contributed by atoms with van der Waals surface area (Å²) in [5.41, 5.74) is 6.09. The summed E-state index contributed by atoms with van der Waals surface area (Å²) in [4.78, 5) is 27.1. The summed E-state index contributed by atoms with van der Waals surface area (Å²) < 4.78 is 1.70. The Morgan fingerprint density at radius 1 is 1.31 bits per heavy atom. The molecule has 0 saturated carbocycles. The predicted octanol–water partition coefficient (Wildman–Crippen LogP) is 3.43. The Bertz CT molecular complexity index is 1350. The van der Waals surface area contributed by atoms with Crippen LogP contribution in [0.4, 0.5) is 0 Å². The number of hydrogen-bond donors (Lipinski definition) is 1. The highest BCUT2D eigenvalue weighted by molar-refractivity contribution is 5.80. The number of likely N-dealkylation sites (tertiary alicyclic amines) is 1. The van der Waals surface area contributed by atoms with E-state index in [0.29, 0.717) is 30.0 Å². The van der Waals surface area contributed by atoms with E-state index in [1.807, 2.05) is 24.8 Å². The molecule has 1 aliphatic heterocycles. The van der Waals surface area contributed by atoms with E-state index in [2.05, 4.69) is 38.4 Å². The van der Waals surface area contributed by atoms with Crippen molar-refractivity contribution in [2.75, 3.05) is 13.1 Å². The molecular weight excluding hydrogens is 402 g/mol. The van der Waals surface area contributed by atoms with Crippen LogP contribution < -0.4 is 0 Å². The van der Waals surface area contributed by atoms with Crippen LogP contribution in [-0.2, 0) is 11.2 Å². The first kappa shape index (κ1) is 20.2. The van der Waals surface area contributed by atoms with Gasteiger partial charge >= 0.3 is 0 Å². The number of piperidine rings is 1. The van der Waals surface area contributed by atoms with Gasteiger partial charge in [0.15, 0.2) is 5.65 Å². The number of hydrogen-bond acceptors (Lipinski definition) is 5. The molecule has 5 heterocycles. The number of carbonyl (C=O) groups is 1. The van der Waals surface area contributed by atoms with E-state index in [4.69, 9.17) is 0 Å². The number of carbonyl (C=O) groups excluding carboxylic acids is 1. The molecule has 0 aliphatic carbocycles. The summed E-state index contributed by atoms with van der Waals surface area (Å²) >= 11 is 0. The minimum absolute atomic E-state index is 0.182. The van der Waals surface area contributed by atoms with Crippen LogP contribution in [0, 0.1) is 25.2 Å². The highest BCUT2D eigenvalue weighted by Crippen LogP contribution is 2.32. The number of rotatable bonds is 4. The van der Waals surface area contributed by atoms with Crippen LogP contribution in [0.15, 0.2) is 30.7 Å². The van der Waals surface area contributed by atoms with Gasteiger partial charge in [-0.2, -0.15) is 10.4 Å². The molecule has 8 nitrogen and oxygen atoms in total. The van der Waals surface area contributed by atoms with E-state index >= 15 is 0 Å². The Labute approximate surface area is 185 Å². The maximum atomic E-state index is 12.9. The first-order valence-corrected chi connectivity index (χ1v) is 11.0. The lowest BCUT2D eigenvalue weighted by Gasteiger charge is -2.32. The topological polar surface area (TPSA) is 103 Å². The molecule has 0 atom stereocenters. The van der Waals surface area contributed by atoms with E-state index < -0.39 is 0 Å². The van der Waals surface area contributed by atoms with Gasteiger partial charge in [0.25, 0.3) is 0 Å². The first-order chi connectivity index (χ1) is 15.6. The maximum Gasteiger partial charge on any atom is 0.222 e. The van der Waals surface area contributed by atoms with Crippen LogP contribution in [0.2, 0.25) is 0 Å². The van der Waals surface area contributed by atoms with Crippen molar-refractivity contribution in [3.63, 3.8) is 0 Å². The minimum Gasteiger partial charge on any atom is -0.346 e. The molecule has 0 spiro atoms. The second-order valence-electron chi connectivity index (χ2n) is 8.47. The Morgan fingerprint density at radius 2 is 2.12 bits per heavy atom. The predicted molar refractivity (Wildman–Crippen MR) is 120 cm³/mol. The summed E-state index contributed by atoms with van der Waals surface area (Å²) in [6, 6.07) is 6.21. The lowest BCUT2D eigenvalue weighted by Crippen LogP contribution is -2.38. The molecule has 1 aliphatic rings. The molecule has 0 radical (unpaired) electrons. The normalized spacial score (nSPS) is 14.8. The summed E-state index contributed by atoms with van der Waals surface area (Å²) in [6.07, 6.45) is 8.40. The van der Waals surface area contributed by atoms with E-state index in [-0.39, 0.29) is 5.91 Å². The largest absolute Gasteiger partial charge is 0.346 e. The zero-order valence-corrected chi connectivity index (χ0v) is 18.3. The Hall–Kier alpha value is -3.73. The van der Waals surface area contributed by atoms with Gasteiger partial charge in [0.2, 0.25) is 5.91 Å². The number of nitrogens with one attached hydrogen (secondary N) is 1. The summed E-state index contributed by atoms with van der Waals surface area (Å²) in [5, 5.41) is 14.7. The van der Waals surface area contributed by atoms with E-state index in [9.17, 15) is 10.1 Å². The zero-order valence-electron chi connectivity index (χ0n) is 18.3. The van der Waals surface area contributed by atoms with E-state index in [0.717, 1.165) is 48.5 Å². The smallest absolute Gasteiger partial charge is 0.222 e. The van der Waals surface area contributed by atoms with Crippen LogP contribution in [0.3, 0.4) is 0 Å². The monoisotopic (exact) mass is 427 g/mol. The third-order valence-corrected chi connectivity index (χ3v) is 6.69. The van der Waals surface area contributed by atoms with Crippen molar-refractivity contribution in [3.8, 4) is 6.07 Å². The standard InChI is InChI=1S/C24H25N7O/c1-15-19(16(2)31-24(29-15)18(12-25)13-28-31)5-6-22(32)30-10-7-17(8-11-30)21-14-27-23-20(21)4-3-9-26-23/h3-4,9,13-14,17H,5-8,10-11H2,1-2H3,(H,26,27). The molecule has 32 heavy (non-hydrogen) atoms. The van der Waals surface area contributed by atoms with Gasteiger partial charge in [-0.3, -0.25) is 4.79 Å². The Balaban J connectivity index is 1.24. The molecule has 162 valence electrons. The molecular formula is C24H25N7O. The fourth-order valence-electron chi connectivity index (χ4n) is 4.90. The second kappa shape index (κ2) is 8.08. The van der Waals surface area contributed by atoms with Crippen molar-refractivity contribution in [3.05, 3.63) is 58.8 Å². The number of amides is 1. The van der Waals surface area contributed by atoms with Gasteiger partial charge in [0.05, 0.1) is 6.20 Å². The number of fused-ring (bicyclic) bond motifs is 2. The van der Waals surface area contributed by atoms with E-state index in [1.165, 1.54) is 17.1 Å². The molecule has 1 saturated heterocycles. The van der Waals surface area contributed by atoms with Crippen molar-refractivity contribution in [2.45, 2.75) is 45.4 Å². The summed E-state index contributed by atoms with van der Waals surface area (Å²) in [6.45, 7) is 5.45. The van der Waals surface area contributed by atoms with Crippen molar-refractivity contribution in [1.29, 1.82) is 5.26 Å². The molecule has 1 amide bonds. The van der Waals surface area contributed by atoms with Gasteiger partial charge in [-0.25, -0.2) is 14.5 Å². The van der Waals surface area contributed by atoms with Gasteiger partial charge in [0, 0.05) is 48.7 Å². The average Bonchev–Trinajstić information content (AvgIpc) is 3.43.